The van der Waals surface area contributed by atoms with Gasteiger partial charge in [0.2, 0.25) is 0 Å². The van der Waals surface area contributed by atoms with Gasteiger partial charge in [0.05, 0.1) is 18.2 Å². The van der Waals surface area contributed by atoms with Gasteiger partial charge in [0.15, 0.2) is 0 Å². The van der Waals surface area contributed by atoms with Gasteiger partial charge in [-0.25, -0.2) is 0 Å². The number of piperazine rings is 1. The monoisotopic (exact) mass is 513 g/mol. The first-order valence-corrected chi connectivity index (χ1v) is 13.4. The van der Waals surface area contributed by atoms with E-state index in [-0.39, 0.29) is 11.1 Å². The van der Waals surface area contributed by atoms with Gasteiger partial charge in [-0.1, -0.05) is 49.6 Å². The molecule has 186 valence electrons. The minimum atomic E-state index is -0.229. The van der Waals surface area contributed by atoms with Crippen molar-refractivity contribution < 1.29 is 14.3 Å². The largest absolute Gasteiger partial charge is 0.494 e. The summed E-state index contributed by atoms with van der Waals surface area (Å²) in [6.07, 6.45) is 5.15. The fourth-order valence-corrected chi connectivity index (χ4v) is 5.11. The van der Waals surface area contributed by atoms with Crippen LogP contribution in [0.1, 0.15) is 37.3 Å². The average molecular weight is 514 g/mol. The van der Waals surface area contributed by atoms with Crippen molar-refractivity contribution in [3.05, 3.63) is 63.5 Å². The van der Waals surface area contributed by atoms with Gasteiger partial charge >= 0.3 is 0 Å². The number of benzene rings is 2. The summed E-state index contributed by atoms with van der Waals surface area (Å²) in [5.41, 5.74) is 3.04. The summed E-state index contributed by atoms with van der Waals surface area (Å²) >= 11 is 7.29. The first kappa shape index (κ1) is 25.6. The van der Waals surface area contributed by atoms with Crippen LogP contribution < -0.4 is 9.64 Å². The van der Waals surface area contributed by atoms with E-state index in [2.05, 4.69) is 22.8 Å². The summed E-state index contributed by atoms with van der Waals surface area (Å²) in [4.78, 5) is 31.8. The quantitative estimate of drug-likeness (QED) is 0.301. The van der Waals surface area contributed by atoms with Gasteiger partial charge in [0.25, 0.3) is 11.1 Å². The van der Waals surface area contributed by atoms with Crippen LogP contribution in [0.5, 0.6) is 5.75 Å². The number of hydrogen-bond acceptors (Lipinski definition) is 6. The normalized spacial score (nSPS) is 18.1. The molecule has 6 nitrogen and oxygen atoms in total. The van der Waals surface area contributed by atoms with Crippen LogP contribution in [0.15, 0.2) is 47.4 Å². The minimum Gasteiger partial charge on any atom is -0.494 e. The van der Waals surface area contributed by atoms with Crippen LogP contribution in [0.3, 0.4) is 0 Å². The summed E-state index contributed by atoms with van der Waals surface area (Å²) in [6.45, 7) is 8.36. The third kappa shape index (κ3) is 6.60. The predicted octanol–water partition coefficient (Wildman–Crippen LogP) is 6.03. The molecule has 2 saturated heterocycles. The Hall–Kier alpha value is -2.48. The Morgan fingerprint density at radius 1 is 1.03 bits per heavy atom. The molecule has 0 atom stereocenters. The number of hydrogen-bond donors (Lipinski definition) is 0. The van der Waals surface area contributed by atoms with Crippen molar-refractivity contribution in [2.24, 2.45) is 0 Å². The number of carbonyl (C=O) groups is 2. The van der Waals surface area contributed by atoms with Crippen LogP contribution in [0, 0.1) is 6.92 Å². The Labute approximate surface area is 216 Å². The molecule has 0 aliphatic carbocycles. The van der Waals surface area contributed by atoms with E-state index < -0.39 is 0 Å². The van der Waals surface area contributed by atoms with Crippen molar-refractivity contribution in [3.8, 4) is 5.75 Å². The highest BCUT2D eigenvalue weighted by Crippen LogP contribution is 2.33. The molecule has 2 heterocycles. The molecule has 8 heteroatoms. The molecule has 35 heavy (non-hydrogen) atoms. The van der Waals surface area contributed by atoms with Crippen LogP contribution in [-0.2, 0) is 4.79 Å². The molecule has 2 aromatic carbocycles. The Balaban J connectivity index is 1.30. The average Bonchev–Trinajstić information content (AvgIpc) is 3.12. The molecule has 0 unspecified atom stereocenters. The molecule has 0 radical (unpaired) electrons. The van der Waals surface area contributed by atoms with Crippen molar-refractivity contribution in [1.29, 1.82) is 0 Å². The second kappa shape index (κ2) is 12.0. The van der Waals surface area contributed by atoms with E-state index in [1.807, 2.05) is 43.3 Å². The molecule has 4 rings (SSSR count). The van der Waals surface area contributed by atoms with E-state index in [0.29, 0.717) is 18.2 Å². The van der Waals surface area contributed by atoms with Gasteiger partial charge in [-0.3, -0.25) is 19.4 Å². The molecule has 0 N–H and O–H groups in total. The first-order valence-electron chi connectivity index (χ1n) is 12.2. The molecule has 0 aromatic heterocycles. The fourth-order valence-electron chi connectivity index (χ4n) is 4.10. The number of ether oxygens (including phenoxy) is 1. The molecular weight excluding hydrogens is 482 g/mol. The summed E-state index contributed by atoms with van der Waals surface area (Å²) in [5.74, 6) is 0.589. The van der Waals surface area contributed by atoms with Crippen LogP contribution in [0.2, 0.25) is 5.02 Å². The van der Waals surface area contributed by atoms with E-state index in [9.17, 15) is 9.59 Å². The summed E-state index contributed by atoms with van der Waals surface area (Å²) in [6, 6.07) is 13.8. The standard InChI is InChI=1S/C27H32ClN3O3S/c1-3-4-5-16-34-23-10-7-21(8-11-23)17-25-26(32)31(27(33)35-25)19-29-12-14-30(15-13-29)22-9-6-20(2)24(28)18-22/h6-11,17-18H,3-5,12-16,19H2,1-2H3/b25-17+. The van der Waals surface area contributed by atoms with Crippen LogP contribution in [0.25, 0.3) is 6.08 Å². The zero-order valence-electron chi connectivity index (χ0n) is 20.3. The molecule has 2 aliphatic rings. The lowest BCUT2D eigenvalue weighted by Crippen LogP contribution is -2.50. The molecule has 2 aromatic rings. The number of anilines is 1. The molecule has 2 amide bonds. The third-order valence-corrected chi connectivity index (χ3v) is 7.62. The van der Waals surface area contributed by atoms with E-state index in [0.717, 1.165) is 84.8 Å². The predicted molar refractivity (Wildman–Crippen MR) is 144 cm³/mol. The third-order valence-electron chi connectivity index (χ3n) is 6.30. The molecule has 0 spiro atoms. The number of unbranched alkanes of at least 4 members (excludes halogenated alkanes) is 2. The number of amides is 2. The van der Waals surface area contributed by atoms with Crippen molar-refractivity contribution in [2.45, 2.75) is 33.1 Å². The highest BCUT2D eigenvalue weighted by Gasteiger charge is 2.36. The Bertz CT molecular complexity index is 1080. The number of carbonyl (C=O) groups excluding carboxylic acids is 2. The maximum Gasteiger partial charge on any atom is 0.294 e. The lowest BCUT2D eigenvalue weighted by Gasteiger charge is -2.37. The number of nitrogens with zero attached hydrogens (tertiary/aromatic N) is 3. The van der Waals surface area contributed by atoms with Gasteiger partial charge < -0.3 is 9.64 Å². The van der Waals surface area contributed by atoms with E-state index in [4.69, 9.17) is 16.3 Å². The smallest absolute Gasteiger partial charge is 0.294 e. The zero-order valence-corrected chi connectivity index (χ0v) is 21.9. The van der Waals surface area contributed by atoms with Gasteiger partial charge in [0, 0.05) is 36.9 Å². The lowest BCUT2D eigenvalue weighted by molar-refractivity contribution is -0.124. The molecule has 2 fully saturated rings. The van der Waals surface area contributed by atoms with Gasteiger partial charge in [-0.15, -0.1) is 0 Å². The van der Waals surface area contributed by atoms with E-state index >= 15 is 0 Å². The molecule has 0 saturated carbocycles. The topological polar surface area (TPSA) is 53.1 Å². The number of halogens is 1. The second-order valence-corrected chi connectivity index (χ2v) is 10.3. The number of rotatable bonds is 9. The highest BCUT2D eigenvalue weighted by atomic mass is 35.5. The highest BCUT2D eigenvalue weighted by molar-refractivity contribution is 8.18. The molecule has 0 bridgehead atoms. The maximum atomic E-state index is 13.0. The van der Waals surface area contributed by atoms with Crippen molar-refractivity contribution >= 4 is 46.3 Å². The Morgan fingerprint density at radius 2 is 1.77 bits per heavy atom. The summed E-state index contributed by atoms with van der Waals surface area (Å²) in [5, 5.41) is 0.550. The van der Waals surface area contributed by atoms with Gasteiger partial charge in [-0.2, -0.15) is 0 Å². The van der Waals surface area contributed by atoms with Gasteiger partial charge in [-0.05, 0) is 66.6 Å². The number of thioether (sulfide) groups is 1. The van der Waals surface area contributed by atoms with Crippen LogP contribution in [-0.4, -0.2) is 60.4 Å². The van der Waals surface area contributed by atoms with Crippen LogP contribution in [0.4, 0.5) is 10.5 Å². The molecule has 2 aliphatic heterocycles. The van der Waals surface area contributed by atoms with Crippen LogP contribution >= 0.6 is 23.4 Å². The fraction of sp³-hybridized carbons (Fsp3) is 0.407. The van der Waals surface area contributed by atoms with E-state index in [1.54, 1.807) is 6.08 Å². The summed E-state index contributed by atoms with van der Waals surface area (Å²) < 4.78 is 5.75. The van der Waals surface area contributed by atoms with E-state index in [1.165, 1.54) is 4.90 Å². The SMILES string of the molecule is CCCCCOc1ccc(/C=C2/SC(=O)N(CN3CCN(c4ccc(C)c(Cl)c4)CC3)C2=O)cc1. The Kier molecular flexibility index (Phi) is 8.76. The Morgan fingerprint density at radius 3 is 2.46 bits per heavy atom. The zero-order chi connectivity index (χ0) is 24.8. The lowest BCUT2D eigenvalue weighted by atomic mass is 10.2. The maximum absolute atomic E-state index is 13.0. The second-order valence-electron chi connectivity index (χ2n) is 8.91. The number of imide groups is 1. The minimum absolute atomic E-state index is 0.218. The van der Waals surface area contributed by atoms with Gasteiger partial charge in [0.1, 0.15) is 5.75 Å². The number of aryl methyl sites for hydroxylation is 1. The molecular formula is C27H32ClN3O3S. The first-order chi connectivity index (χ1) is 16.9. The van der Waals surface area contributed by atoms with Crippen molar-refractivity contribution in [2.75, 3.05) is 44.4 Å². The van der Waals surface area contributed by atoms with Crippen molar-refractivity contribution in [3.63, 3.8) is 0 Å². The summed E-state index contributed by atoms with van der Waals surface area (Å²) in [7, 11) is 0. The van der Waals surface area contributed by atoms with Crippen molar-refractivity contribution in [1.82, 2.24) is 9.80 Å².